The molecule has 0 aliphatic carbocycles. The summed E-state index contributed by atoms with van der Waals surface area (Å²) in [7, 11) is 1.37. The summed E-state index contributed by atoms with van der Waals surface area (Å²) in [6, 6.07) is 6.60. The molecule has 1 aromatic heterocycles. The molecule has 2 aromatic carbocycles. The quantitative estimate of drug-likeness (QED) is 0.0936. The lowest BCUT2D eigenvalue weighted by molar-refractivity contribution is -0.297. The number of phenols is 2. The second-order valence-electron chi connectivity index (χ2n) is 10.4. The highest BCUT2D eigenvalue weighted by Crippen LogP contribution is 2.38. The lowest BCUT2D eigenvalue weighted by Gasteiger charge is -2.39. The van der Waals surface area contributed by atoms with E-state index in [4.69, 9.17) is 28.1 Å². The first-order chi connectivity index (χ1) is 21.2. The van der Waals surface area contributed by atoms with Gasteiger partial charge in [0.25, 0.3) is 0 Å². The fraction of sp³-hybridized carbons (Fsp3) is 0.483. The number of aromatic hydroxyl groups is 2. The van der Waals surface area contributed by atoms with Gasteiger partial charge in [0.15, 0.2) is 23.5 Å². The van der Waals surface area contributed by atoms with Crippen molar-refractivity contribution in [3.8, 4) is 34.3 Å². The monoisotopic (exact) mass is 702 g/mol. The number of phenolic OH excluding ortho intramolecular Hbond substituents is 2. The van der Waals surface area contributed by atoms with Gasteiger partial charge in [-0.25, -0.2) is 0 Å². The van der Waals surface area contributed by atoms with Crippen LogP contribution in [0.5, 0.6) is 23.0 Å². The third kappa shape index (κ3) is 7.52. The van der Waals surface area contributed by atoms with Crippen molar-refractivity contribution in [3.05, 3.63) is 45.0 Å². The molecule has 8 N–H and O–H groups in total. The molecule has 5 unspecified atom stereocenters. The number of hydrogen-bond donors (Lipinski definition) is 8. The predicted octanol–water partition coefficient (Wildman–Crippen LogP) is 0.310. The molecule has 15 nitrogen and oxygen atoms in total. The summed E-state index contributed by atoms with van der Waals surface area (Å²) in [5, 5.41) is 81.5. The first kappa shape index (κ1) is 34.8. The molecule has 3 aromatic rings. The average Bonchev–Trinajstić information content (AvgIpc) is 3.00. The molecular formula is C29H35BrO15. The fourth-order valence-electron chi connectivity index (χ4n) is 4.60. The Balaban J connectivity index is 1.58. The van der Waals surface area contributed by atoms with Crippen molar-refractivity contribution < 1.29 is 69.0 Å². The van der Waals surface area contributed by atoms with Gasteiger partial charge >= 0.3 is 0 Å². The molecule has 0 bridgehead atoms. The zero-order chi connectivity index (χ0) is 33.2. The van der Waals surface area contributed by atoms with Gasteiger partial charge < -0.3 is 69.0 Å². The number of fused-ring (bicyclic) bond motifs is 1. The largest absolute Gasteiger partial charge is 0.507 e. The topological polar surface area (TPSA) is 238 Å². The minimum atomic E-state index is -1.84. The van der Waals surface area contributed by atoms with Gasteiger partial charge in [-0.1, -0.05) is 0 Å². The van der Waals surface area contributed by atoms with E-state index >= 15 is 0 Å². The van der Waals surface area contributed by atoms with E-state index in [1.165, 1.54) is 45.2 Å². The summed E-state index contributed by atoms with van der Waals surface area (Å²) in [6.07, 6.45) is -13.2. The normalized spacial score (nSPS) is 24.6. The highest BCUT2D eigenvalue weighted by molar-refractivity contribution is 9.10. The third-order valence-corrected chi connectivity index (χ3v) is 7.89. The van der Waals surface area contributed by atoms with Crippen molar-refractivity contribution in [1.82, 2.24) is 0 Å². The van der Waals surface area contributed by atoms with E-state index in [1.54, 1.807) is 0 Å². The molecule has 16 heteroatoms. The van der Waals surface area contributed by atoms with Crippen LogP contribution < -0.4 is 14.9 Å². The third-order valence-electron chi connectivity index (χ3n) is 7.16. The maximum atomic E-state index is 13.2. The van der Waals surface area contributed by atoms with Gasteiger partial charge in [0.05, 0.1) is 32.5 Å². The van der Waals surface area contributed by atoms with Gasteiger partial charge in [-0.2, -0.15) is 0 Å². The predicted molar refractivity (Wildman–Crippen MR) is 158 cm³/mol. The van der Waals surface area contributed by atoms with E-state index < -0.39 is 66.5 Å². The molecule has 1 aliphatic heterocycles. The lowest BCUT2D eigenvalue weighted by Crippen LogP contribution is -2.57. The van der Waals surface area contributed by atoms with E-state index in [0.29, 0.717) is 5.56 Å². The molecule has 1 saturated heterocycles. The van der Waals surface area contributed by atoms with Crippen molar-refractivity contribution in [2.45, 2.75) is 69.2 Å². The van der Waals surface area contributed by atoms with E-state index in [0.717, 1.165) is 6.07 Å². The van der Waals surface area contributed by atoms with E-state index in [9.17, 15) is 45.6 Å². The van der Waals surface area contributed by atoms with Crippen molar-refractivity contribution in [2.24, 2.45) is 0 Å². The molecule has 0 radical (unpaired) electrons. The van der Waals surface area contributed by atoms with Crippen LogP contribution in [0.25, 0.3) is 22.3 Å². The lowest BCUT2D eigenvalue weighted by atomic mass is 10.0. The summed E-state index contributed by atoms with van der Waals surface area (Å²) >= 11 is 3.19. The van der Waals surface area contributed by atoms with Crippen molar-refractivity contribution in [2.75, 3.05) is 20.3 Å². The van der Waals surface area contributed by atoms with Crippen molar-refractivity contribution in [1.29, 1.82) is 0 Å². The first-order valence-corrected chi connectivity index (χ1v) is 14.5. The van der Waals surface area contributed by atoms with Crippen LogP contribution in [0.2, 0.25) is 0 Å². The number of benzene rings is 2. The molecule has 0 saturated carbocycles. The van der Waals surface area contributed by atoms with Crippen LogP contribution in [0.1, 0.15) is 13.8 Å². The highest BCUT2D eigenvalue weighted by Gasteiger charge is 2.42. The number of methoxy groups -OCH3 is 1. The van der Waals surface area contributed by atoms with Gasteiger partial charge in [-0.05, 0) is 48.0 Å². The maximum Gasteiger partial charge on any atom is 0.228 e. The molecule has 0 spiro atoms. The van der Waals surface area contributed by atoms with Crippen LogP contribution in [0.4, 0.5) is 0 Å². The van der Waals surface area contributed by atoms with Gasteiger partial charge in [-0.15, -0.1) is 0 Å². The van der Waals surface area contributed by atoms with Crippen LogP contribution in [-0.4, -0.2) is 116 Å². The van der Waals surface area contributed by atoms with E-state index in [2.05, 4.69) is 15.9 Å². The van der Waals surface area contributed by atoms with Crippen LogP contribution >= 0.6 is 15.9 Å². The summed E-state index contributed by atoms with van der Waals surface area (Å²) in [4.78, 5) is 13.2. The molecule has 1 aliphatic rings. The molecule has 1 fully saturated rings. The Hall–Kier alpha value is -3.03. The Morgan fingerprint density at radius 2 is 1.67 bits per heavy atom. The van der Waals surface area contributed by atoms with Gasteiger partial charge in [-0.3, -0.25) is 4.79 Å². The minimum absolute atomic E-state index is 0.00980. The molecule has 0 amide bonds. The van der Waals surface area contributed by atoms with Crippen LogP contribution in [0, 0.1) is 0 Å². The number of hydrogen-bond acceptors (Lipinski definition) is 15. The minimum Gasteiger partial charge on any atom is -0.507 e. The van der Waals surface area contributed by atoms with Gasteiger partial charge in [0, 0.05) is 17.7 Å². The first-order valence-electron chi connectivity index (χ1n) is 13.8. The Kier molecular flexibility index (Phi) is 11.3. The SMILES string of the molecule is COc1ccc(-c2oc3cc(O[C@H](OCCO[C@@H]4OC(C)[C@H](O)C(O)C4O)C(O)C(O)[C@@H](C)O)cc(O)c3c(=O)c2Br)cc1O. The average molecular weight is 703 g/mol. The molecule has 248 valence electrons. The summed E-state index contributed by atoms with van der Waals surface area (Å²) < 4.78 is 33.0. The second-order valence-corrected chi connectivity index (χ2v) is 11.2. The van der Waals surface area contributed by atoms with Crippen LogP contribution in [-0.2, 0) is 14.2 Å². The molecular weight excluding hydrogens is 668 g/mol. The van der Waals surface area contributed by atoms with Crippen molar-refractivity contribution >= 4 is 26.9 Å². The smallest absolute Gasteiger partial charge is 0.228 e. The number of aliphatic hydroxyl groups excluding tert-OH is 6. The Labute approximate surface area is 264 Å². The summed E-state index contributed by atoms with van der Waals surface area (Å²) in [5.74, 6) is -0.738. The summed E-state index contributed by atoms with van der Waals surface area (Å²) in [5.41, 5.74) is -0.487. The van der Waals surface area contributed by atoms with Crippen LogP contribution in [0.15, 0.2) is 44.0 Å². The summed E-state index contributed by atoms with van der Waals surface area (Å²) in [6.45, 7) is 2.09. The Morgan fingerprint density at radius 1 is 0.956 bits per heavy atom. The van der Waals surface area contributed by atoms with Crippen molar-refractivity contribution in [3.63, 3.8) is 0 Å². The maximum absolute atomic E-state index is 13.2. The Bertz CT molecular complexity index is 1530. The van der Waals surface area contributed by atoms with E-state index in [-0.39, 0.29) is 51.7 Å². The molecule has 9 atom stereocenters. The number of halogens is 1. The number of rotatable bonds is 12. The second kappa shape index (κ2) is 14.6. The molecule has 45 heavy (non-hydrogen) atoms. The number of ether oxygens (including phenoxy) is 5. The number of aliphatic hydroxyl groups is 6. The van der Waals surface area contributed by atoms with Crippen LogP contribution in [0.3, 0.4) is 0 Å². The van der Waals surface area contributed by atoms with Gasteiger partial charge in [0.2, 0.25) is 11.7 Å². The Morgan fingerprint density at radius 3 is 2.31 bits per heavy atom. The van der Waals surface area contributed by atoms with E-state index in [1.807, 2.05) is 0 Å². The molecule has 4 rings (SSSR count). The zero-order valence-corrected chi connectivity index (χ0v) is 25.9. The molecule has 2 heterocycles. The highest BCUT2D eigenvalue weighted by atomic mass is 79.9. The standard InChI is InChI=1S/C29H35BrO15/c1-11(31)21(34)25(38)29(42-7-6-41-28-26(39)24(37)22(35)12(2)43-28)44-14-9-16(33)19-18(10-14)45-27(20(30)23(19)36)13-4-5-17(40-3)15(32)8-13/h4-5,8-12,21-22,24-26,28-29,31-35,37-39H,6-7H2,1-3H3/t11-,12?,21?,22+,24?,25?,26?,28-,29+/m1/s1. The zero-order valence-electron chi connectivity index (χ0n) is 24.3. The fourth-order valence-corrected chi connectivity index (χ4v) is 5.11. The van der Waals surface area contributed by atoms with Gasteiger partial charge in [0.1, 0.15) is 57.5 Å².